The van der Waals surface area contributed by atoms with E-state index >= 15 is 0 Å². The summed E-state index contributed by atoms with van der Waals surface area (Å²) in [6, 6.07) is 4.27. The fourth-order valence-electron chi connectivity index (χ4n) is 7.56. The molecule has 9 heteroatoms. The monoisotopic (exact) mass is 698 g/mol. The summed E-state index contributed by atoms with van der Waals surface area (Å²) >= 11 is 3.49. The third-order valence-corrected chi connectivity index (χ3v) is 13.3. The molecule has 4 aliphatic rings. The maximum Gasteiger partial charge on any atom is 0.254 e. The van der Waals surface area contributed by atoms with Crippen molar-refractivity contribution in [2.75, 3.05) is 52.4 Å². The number of hydrogen-bond acceptors (Lipinski definition) is 6. The van der Waals surface area contributed by atoms with Crippen LogP contribution in [-0.2, 0) is 4.79 Å². The van der Waals surface area contributed by atoms with Gasteiger partial charge in [0.05, 0.1) is 11.1 Å². The number of nitrogens with one attached hydrogen (secondary N) is 1. The standard InChI is InChI=1S/C20H30N2O2S.C18H28N2OS.CH4/c1-15(23)21-10-5-16(6-11-21)18-13-17(14-25-18)19(24)22-9-4-7-20(2,3)8-12-22;1-18(2)6-3-10-20(11-7-18)17(21)15-12-16(22-13-15)14-4-8-19-9-5-14;/h13-14,16H,4-12H2,1-3H3;12-14,19H,3-11H2,1-2H3;1H4. The highest BCUT2D eigenvalue weighted by molar-refractivity contribution is 7.10. The molecular formula is C39H62N4O3S2. The van der Waals surface area contributed by atoms with Crippen LogP contribution in [0.1, 0.15) is 149 Å². The van der Waals surface area contributed by atoms with E-state index < -0.39 is 0 Å². The third kappa shape index (κ3) is 10.4. The maximum atomic E-state index is 12.9. The van der Waals surface area contributed by atoms with Gasteiger partial charge in [-0.3, -0.25) is 14.4 Å². The van der Waals surface area contributed by atoms with E-state index in [-0.39, 0.29) is 25.1 Å². The predicted molar refractivity (Wildman–Crippen MR) is 202 cm³/mol. The first-order valence-corrected chi connectivity index (χ1v) is 19.9. The van der Waals surface area contributed by atoms with Crippen LogP contribution < -0.4 is 5.32 Å². The number of carbonyl (C=O) groups is 3. The van der Waals surface area contributed by atoms with Crippen molar-refractivity contribution in [1.29, 1.82) is 0 Å². The second kappa shape index (κ2) is 17.1. The van der Waals surface area contributed by atoms with Crippen LogP contribution in [0.5, 0.6) is 0 Å². The molecule has 1 N–H and O–H groups in total. The Labute approximate surface area is 298 Å². The summed E-state index contributed by atoms with van der Waals surface area (Å²) in [6.45, 7) is 18.3. The van der Waals surface area contributed by atoms with E-state index in [0.29, 0.717) is 22.7 Å². The number of carbonyl (C=O) groups excluding carboxylic acids is 3. The van der Waals surface area contributed by atoms with Gasteiger partial charge in [0.15, 0.2) is 0 Å². The fourth-order valence-corrected chi connectivity index (χ4v) is 9.67. The summed E-state index contributed by atoms with van der Waals surface area (Å²) in [5.41, 5.74) is 2.50. The minimum Gasteiger partial charge on any atom is -0.343 e. The van der Waals surface area contributed by atoms with Crippen LogP contribution in [0.2, 0.25) is 0 Å². The Morgan fingerprint density at radius 3 is 1.52 bits per heavy atom. The zero-order valence-corrected chi connectivity index (χ0v) is 31.2. The minimum atomic E-state index is 0. The zero-order chi connectivity index (χ0) is 33.6. The van der Waals surface area contributed by atoms with Crippen LogP contribution in [0.25, 0.3) is 0 Å². The van der Waals surface area contributed by atoms with Gasteiger partial charge >= 0.3 is 0 Å². The molecule has 7 nitrogen and oxygen atoms in total. The molecule has 0 radical (unpaired) electrons. The largest absolute Gasteiger partial charge is 0.343 e. The van der Waals surface area contributed by atoms with E-state index in [1.165, 1.54) is 35.4 Å². The smallest absolute Gasteiger partial charge is 0.254 e. The molecule has 0 unspecified atom stereocenters. The number of amides is 3. The molecule has 4 saturated heterocycles. The molecule has 3 amide bonds. The van der Waals surface area contributed by atoms with Gasteiger partial charge in [-0.05, 0) is 112 Å². The Morgan fingerprint density at radius 1 is 0.646 bits per heavy atom. The molecule has 0 spiro atoms. The van der Waals surface area contributed by atoms with Gasteiger partial charge in [-0.25, -0.2) is 0 Å². The van der Waals surface area contributed by atoms with Gasteiger partial charge in [0, 0.05) is 66.7 Å². The van der Waals surface area contributed by atoms with E-state index in [0.717, 1.165) is 102 Å². The number of likely N-dealkylation sites (tertiary alicyclic amines) is 3. The number of hydrogen-bond donors (Lipinski definition) is 1. The number of thiophene rings is 2. The van der Waals surface area contributed by atoms with Crippen molar-refractivity contribution in [1.82, 2.24) is 20.0 Å². The van der Waals surface area contributed by atoms with Gasteiger partial charge < -0.3 is 20.0 Å². The maximum absolute atomic E-state index is 12.9. The Kier molecular flexibility index (Phi) is 13.8. The molecule has 6 heterocycles. The lowest BCUT2D eigenvalue weighted by Crippen LogP contribution is -2.36. The molecule has 268 valence electrons. The lowest BCUT2D eigenvalue weighted by Gasteiger charge is -2.30. The molecule has 0 saturated carbocycles. The number of piperidine rings is 2. The normalized spacial score (nSPS) is 22.1. The van der Waals surface area contributed by atoms with Gasteiger partial charge in [-0.1, -0.05) is 35.1 Å². The van der Waals surface area contributed by atoms with Crippen LogP contribution in [0.4, 0.5) is 0 Å². The van der Waals surface area contributed by atoms with Gasteiger partial charge in [-0.15, -0.1) is 22.7 Å². The molecule has 2 aromatic rings. The molecule has 0 bridgehead atoms. The highest BCUT2D eigenvalue weighted by atomic mass is 32.1. The van der Waals surface area contributed by atoms with Crippen LogP contribution in [-0.4, -0.2) is 84.8 Å². The van der Waals surface area contributed by atoms with E-state index in [1.807, 2.05) is 15.2 Å². The lowest BCUT2D eigenvalue weighted by atomic mass is 9.85. The summed E-state index contributed by atoms with van der Waals surface area (Å²) in [7, 11) is 0. The van der Waals surface area contributed by atoms with Crippen LogP contribution in [0, 0.1) is 10.8 Å². The number of nitrogens with zero attached hydrogens (tertiary/aromatic N) is 3. The highest BCUT2D eigenvalue weighted by Crippen LogP contribution is 2.35. The lowest BCUT2D eigenvalue weighted by molar-refractivity contribution is -0.129. The van der Waals surface area contributed by atoms with Crippen LogP contribution in [0.3, 0.4) is 0 Å². The summed E-state index contributed by atoms with van der Waals surface area (Å²) < 4.78 is 0. The van der Waals surface area contributed by atoms with Gasteiger partial charge in [-0.2, -0.15) is 0 Å². The average molecular weight is 699 g/mol. The summed E-state index contributed by atoms with van der Waals surface area (Å²) in [6.07, 6.45) is 11.3. The van der Waals surface area contributed by atoms with Gasteiger partial charge in [0.25, 0.3) is 11.8 Å². The summed E-state index contributed by atoms with van der Waals surface area (Å²) in [5.74, 6) is 1.75. The second-order valence-electron chi connectivity index (χ2n) is 15.9. The van der Waals surface area contributed by atoms with Crippen molar-refractivity contribution in [2.24, 2.45) is 10.8 Å². The van der Waals surface area contributed by atoms with Crippen LogP contribution in [0.15, 0.2) is 22.9 Å². The summed E-state index contributed by atoms with van der Waals surface area (Å²) in [4.78, 5) is 45.9. The van der Waals surface area contributed by atoms with Crippen molar-refractivity contribution in [3.63, 3.8) is 0 Å². The van der Waals surface area contributed by atoms with Gasteiger partial charge in [0.2, 0.25) is 5.91 Å². The van der Waals surface area contributed by atoms with Crippen molar-refractivity contribution in [3.8, 4) is 0 Å². The Morgan fingerprint density at radius 2 is 1.08 bits per heavy atom. The minimum absolute atomic E-state index is 0. The zero-order valence-electron chi connectivity index (χ0n) is 29.6. The molecule has 4 aliphatic heterocycles. The fraction of sp³-hybridized carbons (Fsp3) is 0.718. The van der Waals surface area contributed by atoms with Crippen molar-refractivity contribution >= 4 is 40.4 Å². The molecule has 48 heavy (non-hydrogen) atoms. The highest BCUT2D eigenvalue weighted by Gasteiger charge is 2.29. The molecule has 6 rings (SSSR count). The topological polar surface area (TPSA) is 73.0 Å². The third-order valence-electron chi connectivity index (χ3n) is 11.1. The predicted octanol–water partition coefficient (Wildman–Crippen LogP) is 8.63. The number of rotatable bonds is 4. The van der Waals surface area contributed by atoms with Crippen molar-refractivity contribution in [2.45, 2.75) is 118 Å². The SMILES string of the molecule is C.CC(=O)N1CCC(c2cc(C(=O)N3CCCC(C)(C)CC3)cs2)CC1.CC1(C)CCCN(C(=O)c2csc(C3CCNCC3)c2)CC1. The quantitative estimate of drug-likeness (QED) is 0.347. The Balaban J connectivity index is 0.000000214. The molecule has 2 aromatic heterocycles. The molecule has 0 aliphatic carbocycles. The van der Waals surface area contributed by atoms with E-state index in [1.54, 1.807) is 29.6 Å². The second-order valence-corrected chi connectivity index (χ2v) is 17.8. The molecular weight excluding hydrogens is 637 g/mol. The molecule has 0 aromatic carbocycles. The first-order chi connectivity index (χ1) is 22.4. The molecule has 0 atom stereocenters. The first kappa shape index (κ1) is 38.6. The Bertz CT molecular complexity index is 1350. The molecule has 4 fully saturated rings. The van der Waals surface area contributed by atoms with E-state index in [2.05, 4.69) is 55.4 Å². The average Bonchev–Trinajstić information content (AvgIpc) is 3.68. The Hall–Kier alpha value is -2.23. The van der Waals surface area contributed by atoms with E-state index in [4.69, 9.17) is 0 Å². The van der Waals surface area contributed by atoms with E-state index in [9.17, 15) is 14.4 Å². The summed E-state index contributed by atoms with van der Waals surface area (Å²) in [5, 5.41) is 7.52. The first-order valence-electron chi connectivity index (χ1n) is 18.1. The van der Waals surface area contributed by atoms with Crippen LogP contribution >= 0.6 is 22.7 Å². The van der Waals surface area contributed by atoms with Crippen molar-refractivity contribution < 1.29 is 14.4 Å². The van der Waals surface area contributed by atoms with Crippen molar-refractivity contribution in [3.05, 3.63) is 43.8 Å². The van der Waals surface area contributed by atoms with Gasteiger partial charge in [0.1, 0.15) is 0 Å².